The van der Waals surface area contributed by atoms with Gasteiger partial charge in [-0.25, -0.2) is 4.79 Å². The Morgan fingerprint density at radius 2 is 1.07 bits per heavy atom. The van der Waals surface area contributed by atoms with Crippen molar-refractivity contribution in [1.29, 1.82) is 0 Å². The highest BCUT2D eigenvalue weighted by Gasteiger charge is 2.26. The third-order valence-electron chi connectivity index (χ3n) is 6.28. The zero-order valence-electron chi connectivity index (χ0n) is 29.1. The van der Waals surface area contributed by atoms with Gasteiger partial charge in [0.15, 0.2) is 0 Å². The number of nitrogens with one attached hydrogen (secondary N) is 1. The van der Waals surface area contributed by atoms with E-state index in [1.807, 2.05) is 60.3 Å². The fourth-order valence-corrected chi connectivity index (χ4v) is 3.47. The lowest BCUT2D eigenvalue weighted by Crippen LogP contribution is -2.42. The predicted octanol–water partition coefficient (Wildman–Crippen LogP) is 3.93. The van der Waals surface area contributed by atoms with Gasteiger partial charge in [-0.05, 0) is 102 Å². The molecule has 256 valence electrons. The van der Waals surface area contributed by atoms with Crippen LogP contribution in [0.5, 0.6) is 0 Å². The first-order valence-corrected chi connectivity index (χ1v) is 15.4. The van der Waals surface area contributed by atoms with Crippen molar-refractivity contribution in [2.75, 3.05) is 59.3 Å². The quantitative estimate of drug-likeness (QED) is 0.113. The summed E-state index contributed by atoms with van der Waals surface area (Å²) in [5.74, 6) is -0.109. The Hall–Kier alpha value is -1.54. The fraction of sp³-hybridized carbons (Fsp3) is 0.935. The van der Waals surface area contributed by atoms with Crippen molar-refractivity contribution in [1.82, 2.24) is 10.4 Å². The van der Waals surface area contributed by atoms with Crippen molar-refractivity contribution in [3.63, 3.8) is 0 Å². The summed E-state index contributed by atoms with van der Waals surface area (Å²) in [6, 6.07) is 0. The molecule has 2 amide bonds. The Labute approximate surface area is 261 Å². The van der Waals surface area contributed by atoms with E-state index in [0.717, 1.165) is 12.8 Å². The van der Waals surface area contributed by atoms with Crippen molar-refractivity contribution >= 4 is 12.0 Å². The second-order valence-corrected chi connectivity index (χ2v) is 14.7. The topological polar surface area (TPSA) is 157 Å². The number of hydroxylamine groups is 1. The SMILES string of the molecule is CC(C)(N)CCOC(C)(C)CCN(CCC(C)(C)OCCC(C)(C)N)C(=O)COCCOCCONC(=O)OC(C)(C)C. The lowest BCUT2D eigenvalue weighted by atomic mass is 10.0. The molecular weight excluding hydrogens is 556 g/mol. The summed E-state index contributed by atoms with van der Waals surface area (Å²) in [4.78, 5) is 31.6. The summed E-state index contributed by atoms with van der Waals surface area (Å²) in [6.07, 6.45) is 2.14. The van der Waals surface area contributed by atoms with E-state index in [4.69, 9.17) is 40.0 Å². The van der Waals surface area contributed by atoms with E-state index >= 15 is 0 Å². The molecule has 43 heavy (non-hydrogen) atoms. The van der Waals surface area contributed by atoms with Crippen LogP contribution in [0, 0.1) is 0 Å². The van der Waals surface area contributed by atoms with Gasteiger partial charge in [0.05, 0.1) is 37.6 Å². The van der Waals surface area contributed by atoms with E-state index in [1.54, 1.807) is 20.8 Å². The van der Waals surface area contributed by atoms with Crippen molar-refractivity contribution in [3.8, 4) is 0 Å². The van der Waals surface area contributed by atoms with Crippen LogP contribution < -0.4 is 16.9 Å². The summed E-state index contributed by atoms with van der Waals surface area (Å²) in [5.41, 5.74) is 12.3. The Kier molecular flexibility index (Phi) is 18.4. The van der Waals surface area contributed by atoms with E-state index in [0.29, 0.717) is 39.1 Å². The number of nitrogens with zero attached hydrogens (tertiary/aromatic N) is 1. The van der Waals surface area contributed by atoms with Gasteiger partial charge < -0.3 is 40.1 Å². The van der Waals surface area contributed by atoms with Crippen molar-refractivity contribution in [2.45, 2.75) is 130 Å². The zero-order valence-corrected chi connectivity index (χ0v) is 29.1. The Balaban J connectivity index is 4.72. The van der Waals surface area contributed by atoms with Crippen molar-refractivity contribution in [2.24, 2.45) is 11.5 Å². The van der Waals surface area contributed by atoms with Gasteiger partial charge in [0.2, 0.25) is 5.91 Å². The van der Waals surface area contributed by atoms with E-state index in [-0.39, 0.29) is 50.0 Å². The smallest absolute Gasteiger partial charge is 0.431 e. The van der Waals surface area contributed by atoms with Crippen LogP contribution in [0.1, 0.15) is 102 Å². The maximum Gasteiger partial charge on any atom is 0.431 e. The maximum absolute atomic E-state index is 13.2. The first-order chi connectivity index (χ1) is 19.5. The van der Waals surface area contributed by atoms with Gasteiger partial charge in [0.1, 0.15) is 12.2 Å². The minimum Gasteiger partial charge on any atom is -0.442 e. The molecule has 0 saturated heterocycles. The monoisotopic (exact) mass is 620 g/mol. The van der Waals surface area contributed by atoms with Gasteiger partial charge >= 0.3 is 6.09 Å². The molecule has 5 N–H and O–H groups in total. The molecule has 0 heterocycles. The van der Waals surface area contributed by atoms with E-state index in [2.05, 4.69) is 5.48 Å². The van der Waals surface area contributed by atoms with Gasteiger partial charge in [-0.15, -0.1) is 0 Å². The van der Waals surface area contributed by atoms with Crippen LogP contribution >= 0.6 is 0 Å². The molecule has 0 aromatic carbocycles. The minimum atomic E-state index is -0.664. The van der Waals surface area contributed by atoms with Crippen molar-refractivity contribution < 1.29 is 38.1 Å². The number of carbonyl (C=O) groups excluding carboxylic acids is 2. The van der Waals surface area contributed by atoms with E-state index < -0.39 is 22.9 Å². The number of amides is 2. The van der Waals surface area contributed by atoms with Crippen LogP contribution in [-0.4, -0.2) is 104 Å². The molecule has 0 radical (unpaired) electrons. The molecule has 0 fully saturated rings. The van der Waals surface area contributed by atoms with E-state index in [9.17, 15) is 9.59 Å². The molecule has 0 saturated carbocycles. The second kappa shape index (κ2) is 19.1. The highest BCUT2D eigenvalue weighted by Crippen LogP contribution is 2.20. The highest BCUT2D eigenvalue weighted by atomic mass is 16.7. The Morgan fingerprint density at radius 3 is 1.51 bits per heavy atom. The number of rotatable bonds is 23. The molecule has 0 aromatic rings. The summed E-state index contributed by atoms with van der Waals surface area (Å²) >= 11 is 0. The summed E-state index contributed by atoms with van der Waals surface area (Å²) in [5, 5.41) is 0. The van der Waals surface area contributed by atoms with Gasteiger partial charge in [-0.3, -0.25) is 9.63 Å². The molecule has 0 aliphatic rings. The molecule has 0 unspecified atom stereocenters. The van der Waals surface area contributed by atoms with Gasteiger partial charge in [0.25, 0.3) is 0 Å². The summed E-state index contributed by atoms with van der Waals surface area (Å²) in [6.45, 7) is 24.3. The van der Waals surface area contributed by atoms with Gasteiger partial charge in [-0.2, -0.15) is 5.48 Å². The molecule has 0 aromatic heterocycles. The molecule has 0 bridgehead atoms. The normalized spacial score (nSPS) is 13.2. The molecule has 0 atom stereocenters. The first kappa shape index (κ1) is 41.5. The van der Waals surface area contributed by atoms with Crippen LogP contribution in [0.2, 0.25) is 0 Å². The third-order valence-corrected chi connectivity index (χ3v) is 6.28. The lowest BCUT2D eigenvalue weighted by molar-refractivity contribution is -0.138. The molecule has 0 rings (SSSR count). The van der Waals surface area contributed by atoms with Crippen LogP contribution in [0.15, 0.2) is 0 Å². The lowest BCUT2D eigenvalue weighted by Gasteiger charge is -2.33. The zero-order chi connectivity index (χ0) is 33.4. The summed E-state index contributed by atoms with van der Waals surface area (Å²) < 4.78 is 28.4. The Bertz CT molecular complexity index is 750. The van der Waals surface area contributed by atoms with E-state index in [1.165, 1.54) is 0 Å². The molecule has 0 aliphatic carbocycles. The number of hydrogen-bond donors (Lipinski definition) is 3. The standard InChI is InChI=1S/C31H64N4O8/c1-27(2,3)43-26(37)34-42-23-22-38-20-21-39-24-25(36)35(16-12-30(8,9)40-18-14-28(4,5)32)17-13-31(10,11)41-19-15-29(6,7)33/h12-24,32-33H2,1-11H3,(H,34,37). The first-order valence-electron chi connectivity index (χ1n) is 15.4. The predicted molar refractivity (Wildman–Crippen MR) is 169 cm³/mol. The largest absolute Gasteiger partial charge is 0.442 e. The van der Waals surface area contributed by atoms with Crippen LogP contribution in [0.3, 0.4) is 0 Å². The fourth-order valence-electron chi connectivity index (χ4n) is 3.47. The molecule has 12 heteroatoms. The number of carbonyl (C=O) groups is 2. The third kappa shape index (κ3) is 26.6. The number of ether oxygens (including phenoxy) is 5. The maximum atomic E-state index is 13.2. The number of nitrogens with two attached hydrogens (primary N) is 2. The van der Waals surface area contributed by atoms with Crippen molar-refractivity contribution in [3.05, 3.63) is 0 Å². The van der Waals surface area contributed by atoms with Gasteiger partial charge in [0, 0.05) is 37.4 Å². The minimum absolute atomic E-state index is 0.0641. The summed E-state index contributed by atoms with van der Waals surface area (Å²) in [7, 11) is 0. The van der Waals surface area contributed by atoms with Crippen LogP contribution in [0.4, 0.5) is 4.79 Å². The molecular formula is C31H64N4O8. The van der Waals surface area contributed by atoms with Crippen LogP contribution in [-0.2, 0) is 33.3 Å². The van der Waals surface area contributed by atoms with Gasteiger partial charge in [-0.1, -0.05) is 0 Å². The molecule has 0 spiro atoms. The molecule has 0 aliphatic heterocycles. The average Bonchev–Trinajstić information content (AvgIpc) is 2.79. The average molecular weight is 621 g/mol. The molecule has 12 nitrogen and oxygen atoms in total. The van der Waals surface area contributed by atoms with Crippen LogP contribution in [0.25, 0.3) is 0 Å². The highest BCUT2D eigenvalue weighted by molar-refractivity contribution is 5.77. The number of hydrogen-bond acceptors (Lipinski definition) is 10. The second-order valence-electron chi connectivity index (χ2n) is 14.7. The Morgan fingerprint density at radius 1 is 0.628 bits per heavy atom.